The maximum atomic E-state index is 12.3. The second-order valence-corrected chi connectivity index (χ2v) is 8.12. The van der Waals surface area contributed by atoms with Crippen LogP contribution in [0.25, 0.3) is 0 Å². The molecular weight excluding hydrogens is 278 g/mol. The van der Waals surface area contributed by atoms with E-state index >= 15 is 0 Å². The van der Waals surface area contributed by atoms with Crippen LogP contribution in [0.15, 0.2) is 0 Å². The predicted octanol–water partition coefficient (Wildman–Crippen LogP) is 4.03. The second kappa shape index (κ2) is 7.47. The van der Waals surface area contributed by atoms with E-state index in [1.165, 1.54) is 32.1 Å². The summed E-state index contributed by atoms with van der Waals surface area (Å²) in [6.45, 7) is 6.90. The van der Waals surface area contributed by atoms with E-state index in [-0.39, 0.29) is 12.0 Å². The quantitative estimate of drug-likeness (QED) is 0.739. The first-order valence-electron chi connectivity index (χ1n) is 8.80. The maximum Gasteiger partial charge on any atom is 0.410 e. The number of carbonyl (C=O) groups is 2. The van der Waals surface area contributed by atoms with Crippen molar-refractivity contribution in [1.82, 2.24) is 4.90 Å². The molecule has 4 heteroatoms. The second-order valence-electron chi connectivity index (χ2n) is 8.12. The van der Waals surface area contributed by atoms with E-state index in [0.29, 0.717) is 12.5 Å². The van der Waals surface area contributed by atoms with Gasteiger partial charge in [-0.1, -0.05) is 32.1 Å². The van der Waals surface area contributed by atoms with Crippen molar-refractivity contribution in [3.8, 4) is 0 Å². The number of piperidine rings is 1. The van der Waals surface area contributed by atoms with E-state index in [1.54, 1.807) is 4.90 Å². The third-order valence-electron chi connectivity index (χ3n) is 4.81. The van der Waals surface area contributed by atoms with Crippen molar-refractivity contribution in [1.29, 1.82) is 0 Å². The van der Waals surface area contributed by atoms with Gasteiger partial charge in [0, 0.05) is 19.0 Å². The van der Waals surface area contributed by atoms with Crippen molar-refractivity contribution in [2.24, 2.45) is 17.8 Å². The van der Waals surface area contributed by atoms with Crippen LogP contribution in [0.4, 0.5) is 4.79 Å². The molecule has 0 bridgehead atoms. The zero-order chi connectivity index (χ0) is 16.2. The number of hydrogen-bond donors (Lipinski definition) is 0. The normalized spacial score (nSPS) is 27.5. The Balaban J connectivity index is 1.93. The summed E-state index contributed by atoms with van der Waals surface area (Å²) in [7, 11) is 0. The molecule has 0 radical (unpaired) electrons. The van der Waals surface area contributed by atoms with Crippen LogP contribution in [0, 0.1) is 17.8 Å². The first-order valence-corrected chi connectivity index (χ1v) is 8.80. The molecule has 22 heavy (non-hydrogen) atoms. The van der Waals surface area contributed by atoms with Crippen LogP contribution in [-0.2, 0) is 9.53 Å². The van der Waals surface area contributed by atoms with Crippen molar-refractivity contribution in [3.05, 3.63) is 0 Å². The first-order chi connectivity index (χ1) is 10.4. The van der Waals surface area contributed by atoms with Gasteiger partial charge in [-0.3, -0.25) is 0 Å². The van der Waals surface area contributed by atoms with E-state index in [4.69, 9.17) is 4.74 Å². The first kappa shape index (κ1) is 17.3. The molecule has 0 aromatic heterocycles. The fourth-order valence-electron chi connectivity index (χ4n) is 3.89. The molecule has 2 atom stereocenters. The summed E-state index contributed by atoms with van der Waals surface area (Å²) in [5.74, 6) is 1.19. The van der Waals surface area contributed by atoms with Gasteiger partial charge in [-0.2, -0.15) is 0 Å². The number of aldehydes is 1. The molecular formula is C18H31NO3. The highest BCUT2D eigenvalue weighted by atomic mass is 16.6. The van der Waals surface area contributed by atoms with Gasteiger partial charge in [-0.05, 0) is 45.4 Å². The molecule has 1 aliphatic carbocycles. The summed E-state index contributed by atoms with van der Waals surface area (Å²) in [6, 6.07) is 0. The molecule has 0 N–H and O–H groups in total. The highest BCUT2D eigenvalue weighted by molar-refractivity contribution is 5.69. The highest BCUT2D eigenvalue weighted by Crippen LogP contribution is 2.33. The molecule has 2 rings (SSSR count). The third-order valence-corrected chi connectivity index (χ3v) is 4.81. The van der Waals surface area contributed by atoms with Crippen molar-refractivity contribution < 1.29 is 14.3 Å². The van der Waals surface area contributed by atoms with Crippen molar-refractivity contribution in [2.75, 3.05) is 13.1 Å². The van der Waals surface area contributed by atoms with Crippen LogP contribution in [0.2, 0.25) is 0 Å². The highest BCUT2D eigenvalue weighted by Gasteiger charge is 2.33. The predicted molar refractivity (Wildman–Crippen MR) is 86.7 cm³/mol. The maximum absolute atomic E-state index is 12.3. The van der Waals surface area contributed by atoms with E-state index < -0.39 is 5.60 Å². The zero-order valence-corrected chi connectivity index (χ0v) is 14.3. The number of nitrogens with zero attached hydrogens (tertiary/aromatic N) is 1. The third kappa shape index (κ3) is 5.29. The molecule has 0 aromatic carbocycles. The number of amides is 1. The van der Waals surface area contributed by atoms with Gasteiger partial charge in [0.2, 0.25) is 0 Å². The van der Waals surface area contributed by atoms with Gasteiger partial charge in [-0.15, -0.1) is 0 Å². The zero-order valence-electron chi connectivity index (χ0n) is 14.3. The minimum Gasteiger partial charge on any atom is -0.444 e. The van der Waals surface area contributed by atoms with Gasteiger partial charge in [0.05, 0.1) is 0 Å². The standard InChI is InChI=1S/C18H31NO3/c1-18(2,3)22-17(21)19-11-15(10-16(12-19)13-20)9-14-7-5-4-6-8-14/h13-16H,4-12H2,1-3H3. The van der Waals surface area contributed by atoms with E-state index in [0.717, 1.165) is 31.6 Å². The lowest BCUT2D eigenvalue weighted by molar-refractivity contribution is -0.113. The number of rotatable bonds is 3. The molecule has 4 nitrogen and oxygen atoms in total. The van der Waals surface area contributed by atoms with Crippen molar-refractivity contribution >= 4 is 12.4 Å². The molecule has 1 saturated carbocycles. The molecule has 1 heterocycles. The molecule has 0 spiro atoms. The van der Waals surface area contributed by atoms with Crippen LogP contribution >= 0.6 is 0 Å². The fraction of sp³-hybridized carbons (Fsp3) is 0.889. The summed E-state index contributed by atoms with van der Waals surface area (Å²) in [6.07, 6.45) is 9.50. The van der Waals surface area contributed by atoms with Crippen LogP contribution < -0.4 is 0 Å². The van der Waals surface area contributed by atoms with Crippen LogP contribution in [0.1, 0.15) is 65.7 Å². The number of ether oxygens (including phenoxy) is 1. The number of carbonyl (C=O) groups excluding carboxylic acids is 2. The van der Waals surface area contributed by atoms with Gasteiger partial charge in [-0.25, -0.2) is 4.79 Å². The minimum atomic E-state index is -0.482. The average Bonchev–Trinajstić information content (AvgIpc) is 2.46. The number of hydrogen-bond acceptors (Lipinski definition) is 3. The Labute approximate surface area is 134 Å². The van der Waals surface area contributed by atoms with Gasteiger partial charge in [0.1, 0.15) is 11.9 Å². The van der Waals surface area contributed by atoms with E-state index in [9.17, 15) is 9.59 Å². The molecule has 2 unspecified atom stereocenters. The molecule has 1 aliphatic heterocycles. The summed E-state index contributed by atoms with van der Waals surface area (Å²) in [5, 5.41) is 0. The monoisotopic (exact) mass is 309 g/mol. The van der Waals surface area contributed by atoms with Crippen LogP contribution in [-0.4, -0.2) is 36.0 Å². The summed E-state index contributed by atoms with van der Waals surface area (Å²) < 4.78 is 5.48. The molecule has 1 saturated heterocycles. The van der Waals surface area contributed by atoms with Gasteiger partial charge < -0.3 is 14.4 Å². The molecule has 0 aromatic rings. The molecule has 2 aliphatic rings. The van der Waals surface area contributed by atoms with Crippen LogP contribution in [0.5, 0.6) is 0 Å². The topological polar surface area (TPSA) is 46.6 Å². The smallest absolute Gasteiger partial charge is 0.410 e. The Morgan fingerprint density at radius 2 is 1.82 bits per heavy atom. The SMILES string of the molecule is CC(C)(C)OC(=O)N1CC(C=O)CC(CC2CCCCC2)C1. The Bertz CT molecular complexity index is 382. The van der Waals surface area contributed by atoms with E-state index in [1.807, 2.05) is 20.8 Å². The Kier molecular flexibility index (Phi) is 5.87. The minimum absolute atomic E-state index is 0.0325. The van der Waals surface area contributed by atoms with E-state index in [2.05, 4.69) is 0 Å². The summed E-state index contributed by atoms with van der Waals surface area (Å²) in [4.78, 5) is 25.3. The Morgan fingerprint density at radius 1 is 1.14 bits per heavy atom. The lowest BCUT2D eigenvalue weighted by Gasteiger charge is -2.38. The summed E-state index contributed by atoms with van der Waals surface area (Å²) >= 11 is 0. The van der Waals surface area contributed by atoms with Crippen molar-refractivity contribution in [3.63, 3.8) is 0 Å². The molecule has 1 amide bonds. The van der Waals surface area contributed by atoms with Gasteiger partial charge >= 0.3 is 6.09 Å². The lowest BCUT2D eigenvalue weighted by atomic mass is 9.78. The van der Waals surface area contributed by atoms with Crippen LogP contribution in [0.3, 0.4) is 0 Å². The lowest BCUT2D eigenvalue weighted by Crippen LogP contribution is -2.46. The fourth-order valence-corrected chi connectivity index (χ4v) is 3.89. The van der Waals surface area contributed by atoms with Crippen molar-refractivity contribution in [2.45, 2.75) is 71.3 Å². The Morgan fingerprint density at radius 3 is 2.41 bits per heavy atom. The van der Waals surface area contributed by atoms with Gasteiger partial charge in [0.25, 0.3) is 0 Å². The molecule has 126 valence electrons. The molecule has 2 fully saturated rings. The summed E-state index contributed by atoms with van der Waals surface area (Å²) in [5.41, 5.74) is -0.482. The van der Waals surface area contributed by atoms with Gasteiger partial charge in [0.15, 0.2) is 0 Å². The number of likely N-dealkylation sites (tertiary alicyclic amines) is 1. The largest absolute Gasteiger partial charge is 0.444 e. The Hall–Kier alpha value is -1.06. The average molecular weight is 309 g/mol.